The molecule has 2 saturated heterocycles. The Morgan fingerprint density at radius 2 is 2.27 bits per heavy atom. The maximum absolute atomic E-state index is 11.4. The Labute approximate surface area is 95.8 Å². The van der Waals surface area contributed by atoms with Gasteiger partial charge in [0.05, 0.1) is 0 Å². The van der Waals surface area contributed by atoms with Gasteiger partial charge in [-0.3, -0.25) is 4.79 Å². The molecule has 0 radical (unpaired) electrons. The maximum atomic E-state index is 11.4. The smallest absolute Gasteiger partial charge is 0.219 e. The molecule has 86 valence electrons. The molecule has 2 rings (SSSR count). The molecule has 2 N–H and O–H groups in total. The fourth-order valence-corrected chi connectivity index (χ4v) is 4.57. The number of hydrogen-bond acceptors (Lipinski definition) is 3. The Morgan fingerprint density at radius 1 is 1.53 bits per heavy atom. The predicted molar refractivity (Wildman–Crippen MR) is 63.9 cm³/mol. The fourth-order valence-electron chi connectivity index (χ4n) is 2.96. The quantitative estimate of drug-likeness (QED) is 0.678. The lowest BCUT2D eigenvalue weighted by molar-refractivity contribution is -0.132. The summed E-state index contributed by atoms with van der Waals surface area (Å²) in [5.41, 5.74) is 5.98. The first kappa shape index (κ1) is 11.3. The monoisotopic (exact) mass is 228 g/mol. The van der Waals surface area contributed by atoms with Gasteiger partial charge in [-0.15, -0.1) is 0 Å². The van der Waals surface area contributed by atoms with Crippen LogP contribution >= 0.6 is 11.8 Å². The first-order chi connectivity index (χ1) is 7.02. The SMILES string of the molecule is CC(=O)N1CCC2(CC(N)CS2)CC1C. The molecule has 2 fully saturated rings. The van der Waals surface area contributed by atoms with Gasteiger partial charge in [-0.1, -0.05) is 0 Å². The molecule has 0 bridgehead atoms. The lowest BCUT2D eigenvalue weighted by Crippen LogP contribution is -2.49. The molecule has 3 atom stereocenters. The molecule has 4 heteroatoms. The Hall–Kier alpha value is -0.220. The minimum atomic E-state index is 0.213. The number of hydrogen-bond donors (Lipinski definition) is 1. The molecule has 15 heavy (non-hydrogen) atoms. The van der Waals surface area contributed by atoms with E-state index in [2.05, 4.69) is 6.92 Å². The molecular weight excluding hydrogens is 208 g/mol. The zero-order valence-electron chi connectivity index (χ0n) is 9.53. The highest BCUT2D eigenvalue weighted by molar-refractivity contribution is 8.01. The molecule has 2 aliphatic rings. The number of nitrogens with zero attached hydrogens (tertiary/aromatic N) is 1. The average Bonchev–Trinajstić information content (AvgIpc) is 2.46. The molecule has 0 aliphatic carbocycles. The van der Waals surface area contributed by atoms with E-state index < -0.39 is 0 Å². The highest BCUT2D eigenvalue weighted by atomic mass is 32.2. The third-order valence-corrected chi connectivity index (χ3v) is 5.39. The number of carbonyl (C=O) groups is 1. The van der Waals surface area contributed by atoms with Crippen LogP contribution in [0.2, 0.25) is 0 Å². The number of piperidine rings is 1. The van der Waals surface area contributed by atoms with E-state index >= 15 is 0 Å². The zero-order valence-corrected chi connectivity index (χ0v) is 10.3. The van der Waals surface area contributed by atoms with Crippen LogP contribution in [0.3, 0.4) is 0 Å². The second kappa shape index (κ2) is 3.98. The molecule has 0 aromatic heterocycles. The summed E-state index contributed by atoms with van der Waals surface area (Å²) >= 11 is 2.03. The highest BCUT2D eigenvalue weighted by Crippen LogP contribution is 2.46. The summed E-state index contributed by atoms with van der Waals surface area (Å²) in [5, 5.41) is 0. The first-order valence-electron chi connectivity index (χ1n) is 5.69. The lowest BCUT2D eigenvalue weighted by Gasteiger charge is -2.43. The summed E-state index contributed by atoms with van der Waals surface area (Å²) in [6.45, 7) is 4.74. The van der Waals surface area contributed by atoms with E-state index in [1.165, 1.54) is 0 Å². The van der Waals surface area contributed by atoms with Gasteiger partial charge in [-0.2, -0.15) is 11.8 Å². The van der Waals surface area contributed by atoms with Crippen molar-refractivity contribution in [3.05, 3.63) is 0 Å². The van der Waals surface area contributed by atoms with Crippen molar-refractivity contribution in [2.45, 2.75) is 49.9 Å². The molecule has 0 saturated carbocycles. The van der Waals surface area contributed by atoms with E-state index in [9.17, 15) is 4.79 Å². The third kappa shape index (κ3) is 2.16. The van der Waals surface area contributed by atoms with Gasteiger partial charge in [-0.05, 0) is 26.2 Å². The molecule has 2 heterocycles. The van der Waals surface area contributed by atoms with Crippen LogP contribution in [0.15, 0.2) is 0 Å². The first-order valence-corrected chi connectivity index (χ1v) is 6.68. The number of amides is 1. The van der Waals surface area contributed by atoms with Crippen molar-refractivity contribution in [1.29, 1.82) is 0 Å². The summed E-state index contributed by atoms with van der Waals surface area (Å²) in [4.78, 5) is 13.4. The van der Waals surface area contributed by atoms with Crippen molar-refractivity contribution < 1.29 is 4.79 Å². The van der Waals surface area contributed by atoms with Gasteiger partial charge in [0.1, 0.15) is 0 Å². The molecule has 1 spiro atoms. The third-order valence-electron chi connectivity index (χ3n) is 3.65. The second-order valence-electron chi connectivity index (χ2n) is 4.97. The van der Waals surface area contributed by atoms with Crippen LogP contribution in [-0.2, 0) is 4.79 Å². The molecule has 0 aromatic carbocycles. The summed E-state index contributed by atoms with van der Waals surface area (Å²) in [5.74, 6) is 1.30. The average molecular weight is 228 g/mol. The number of rotatable bonds is 0. The van der Waals surface area contributed by atoms with E-state index in [1.54, 1.807) is 6.92 Å². The summed E-state index contributed by atoms with van der Waals surface area (Å²) in [6.07, 6.45) is 3.37. The molecule has 3 nitrogen and oxygen atoms in total. The Kier molecular flexibility index (Phi) is 2.99. The minimum absolute atomic E-state index is 0.213. The van der Waals surface area contributed by atoms with Gasteiger partial charge >= 0.3 is 0 Å². The van der Waals surface area contributed by atoms with Crippen LogP contribution < -0.4 is 5.73 Å². The molecular formula is C11H20N2OS. The molecule has 1 amide bonds. The summed E-state index contributed by atoms with van der Waals surface area (Å²) in [6, 6.07) is 0.750. The van der Waals surface area contributed by atoms with E-state index in [4.69, 9.17) is 5.73 Å². The molecule has 2 aliphatic heterocycles. The van der Waals surface area contributed by atoms with Crippen molar-refractivity contribution in [3.63, 3.8) is 0 Å². The van der Waals surface area contributed by atoms with E-state index in [0.29, 0.717) is 16.8 Å². The molecule has 0 aromatic rings. The van der Waals surface area contributed by atoms with Crippen molar-refractivity contribution >= 4 is 17.7 Å². The van der Waals surface area contributed by atoms with Crippen molar-refractivity contribution in [1.82, 2.24) is 4.90 Å². The van der Waals surface area contributed by atoms with Gasteiger partial charge in [0.15, 0.2) is 0 Å². The van der Waals surface area contributed by atoms with E-state index in [0.717, 1.165) is 31.6 Å². The lowest BCUT2D eigenvalue weighted by atomic mass is 9.86. The van der Waals surface area contributed by atoms with E-state index in [1.807, 2.05) is 16.7 Å². The number of likely N-dealkylation sites (tertiary alicyclic amines) is 1. The largest absolute Gasteiger partial charge is 0.340 e. The van der Waals surface area contributed by atoms with E-state index in [-0.39, 0.29) is 5.91 Å². The Bertz CT molecular complexity index is 271. The van der Waals surface area contributed by atoms with Gasteiger partial charge in [-0.25, -0.2) is 0 Å². The fraction of sp³-hybridized carbons (Fsp3) is 0.909. The number of nitrogens with two attached hydrogens (primary N) is 1. The molecule has 3 unspecified atom stereocenters. The van der Waals surface area contributed by atoms with Crippen LogP contribution in [0.5, 0.6) is 0 Å². The van der Waals surface area contributed by atoms with Gasteiger partial charge in [0.2, 0.25) is 5.91 Å². The van der Waals surface area contributed by atoms with Gasteiger partial charge in [0, 0.05) is 36.1 Å². The van der Waals surface area contributed by atoms with Crippen LogP contribution in [0.25, 0.3) is 0 Å². The van der Waals surface area contributed by atoms with Crippen LogP contribution in [0.4, 0.5) is 0 Å². The Morgan fingerprint density at radius 3 is 2.73 bits per heavy atom. The number of thioether (sulfide) groups is 1. The second-order valence-corrected chi connectivity index (χ2v) is 6.46. The van der Waals surface area contributed by atoms with Gasteiger partial charge < -0.3 is 10.6 Å². The Balaban J connectivity index is 2.02. The minimum Gasteiger partial charge on any atom is -0.340 e. The predicted octanol–water partition coefficient (Wildman–Crippen LogP) is 1.22. The normalized spacial score (nSPS) is 41.1. The van der Waals surface area contributed by atoms with Crippen molar-refractivity contribution in [3.8, 4) is 0 Å². The summed E-state index contributed by atoms with van der Waals surface area (Å²) in [7, 11) is 0. The zero-order chi connectivity index (χ0) is 11.1. The van der Waals surface area contributed by atoms with Gasteiger partial charge in [0.25, 0.3) is 0 Å². The van der Waals surface area contributed by atoms with Crippen molar-refractivity contribution in [2.75, 3.05) is 12.3 Å². The van der Waals surface area contributed by atoms with Crippen LogP contribution in [0.1, 0.15) is 33.1 Å². The maximum Gasteiger partial charge on any atom is 0.219 e. The van der Waals surface area contributed by atoms with Crippen LogP contribution in [-0.4, -0.2) is 39.9 Å². The highest BCUT2D eigenvalue weighted by Gasteiger charge is 2.43. The standard InChI is InChI=1S/C11H20N2OS/c1-8-5-11(6-10(12)7-15-11)3-4-13(8)9(2)14/h8,10H,3-7,12H2,1-2H3. The number of carbonyl (C=O) groups excluding carboxylic acids is 1. The van der Waals surface area contributed by atoms with Crippen molar-refractivity contribution in [2.24, 2.45) is 5.73 Å². The van der Waals surface area contributed by atoms with Crippen LogP contribution in [0, 0.1) is 0 Å². The topological polar surface area (TPSA) is 46.3 Å². The summed E-state index contributed by atoms with van der Waals surface area (Å²) < 4.78 is 0.380.